The first kappa shape index (κ1) is 11.0. The minimum absolute atomic E-state index is 0.170. The fourth-order valence-corrected chi connectivity index (χ4v) is 0.721. The second-order valence-corrected chi connectivity index (χ2v) is 2.34. The lowest BCUT2D eigenvalue weighted by Crippen LogP contribution is -1.85. The molecule has 68 valence electrons. The first-order chi connectivity index (χ1) is 5.74. The summed E-state index contributed by atoms with van der Waals surface area (Å²) >= 11 is 0. The highest BCUT2D eigenvalue weighted by Crippen LogP contribution is 2.04. The monoisotopic (exact) mass is 168 g/mol. The molecule has 0 fully saturated rings. The van der Waals surface area contributed by atoms with Crippen LogP contribution >= 0.6 is 0 Å². The predicted octanol–water partition coefficient (Wildman–Crippen LogP) is 2.03. The van der Waals surface area contributed by atoms with E-state index < -0.39 is 0 Å². The van der Waals surface area contributed by atoms with E-state index in [1.165, 1.54) is 0 Å². The van der Waals surface area contributed by atoms with Gasteiger partial charge in [0.05, 0.1) is 7.11 Å². The molecule has 0 rings (SSSR count). The van der Waals surface area contributed by atoms with Crippen molar-refractivity contribution in [3.63, 3.8) is 0 Å². The van der Waals surface area contributed by atoms with Gasteiger partial charge in [0.2, 0.25) is 0 Å². The quantitative estimate of drug-likeness (QED) is 0.502. The molecular weight excluding hydrogens is 152 g/mol. The normalized spacial score (nSPS) is 12.1. The van der Waals surface area contributed by atoms with Crippen molar-refractivity contribution in [2.24, 2.45) is 0 Å². The van der Waals surface area contributed by atoms with Gasteiger partial charge in [-0.25, -0.2) is 0 Å². The average molecular weight is 168 g/mol. The van der Waals surface area contributed by atoms with Crippen molar-refractivity contribution >= 4 is 0 Å². The summed E-state index contributed by atoms with van der Waals surface area (Å²) in [5, 5.41) is 8.66. The fourth-order valence-electron chi connectivity index (χ4n) is 0.721. The van der Waals surface area contributed by atoms with Gasteiger partial charge in [-0.2, -0.15) is 0 Å². The lowest BCUT2D eigenvalue weighted by atomic mass is 10.1. The van der Waals surface area contributed by atoms with Crippen LogP contribution in [0, 0.1) is 0 Å². The number of ether oxygens (including phenoxy) is 1. The molecule has 0 amide bonds. The van der Waals surface area contributed by atoms with E-state index in [2.05, 4.69) is 6.58 Å². The summed E-state index contributed by atoms with van der Waals surface area (Å²) in [5.41, 5.74) is 1.08. The van der Waals surface area contributed by atoms with Crippen molar-refractivity contribution in [3.8, 4) is 0 Å². The van der Waals surface area contributed by atoms with Crippen LogP contribution in [-0.4, -0.2) is 18.8 Å². The number of aliphatic hydroxyl groups is 1. The Balaban J connectivity index is 4.02. The first-order valence-electron chi connectivity index (χ1n) is 3.91. The summed E-state index contributed by atoms with van der Waals surface area (Å²) in [7, 11) is 1.58. The van der Waals surface area contributed by atoms with E-state index in [1.807, 2.05) is 19.1 Å². The maximum absolute atomic E-state index is 8.66. The number of hydrogen-bond donors (Lipinski definition) is 1. The molecule has 0 atom stereocenters. The van der Waals surface area contributed by atoms with Gasteiger partial charge in [-0.3, -0.25) is 0 Å². The van der Waals surface area contributed by atoms with E-state index in [0.29, 0.717) is 12.2 Å². The highest BCUT2D eigenvalue weighted by atomic mass is 16.5. The minimum atomic E-state index is 0.170. The Hall–Kier alpha value is -1.02. The zero-order chi connectivity index (χ0) is 9.40. The smallest absolute Gasteiger partial charge is 0.111 e. The zero-order valence-electron chi connectivity index (χ0n) is 7.71. The van der Waals surface area contributed by atoms with Crippen molar-refractivity contribution in [3.05, 3.63) is 36.1 Å². The third kappa shape index (κ3) is 4.74. The van der Waals surface area contributed by atoms with Crippen LogP contribution in [0.25, 0.3) is 0 Å². The molecule has 0 aliphatic carbocycles. The summed E-state index contributed by atoms with van der Waals surface area (Å²) in [4.78, 5) is 0. The van der Waals surface area contributed by atoms with Crippen LogP contribution in [0.1, 0.15) is 13.3 Å². The molecule has 2 heteroatoms. The Morgan fingerprint density at radius 1 is 1.50 bits per heavy atom. The third-order valence-corrected chi connectivity index (χ3v) is 1.52. The molecule has 0 aromatic heterocycles. The Kier molecular flexibility index (Phi) is 6.11. The maximum Gasteiger partial charge on any atom is 0.111 e. The van der Waals surface area contributed by atoms with Crippen molar-refractivity contribution in [1.29, 1.82) is 0 Å². The zero-order valence-corrected chi connectivity index (χ0v) is 7.71. The van der Waals surface area contributed by atoms with Crippen LogP contribution in [0.5, 0.6) is 0 Å². The van der Waals surface area contributed by atoms with Crippen LogP contribution in [0.3, 0.4) is 0 Å². The van der Waals surface area contributed by atoms with Crippen molar-refractivity contribution in [2.45, 2.75) is 13.3 Å². The van der Waals surface area contributed by atoms with Gasteiger partial charge in [-0.15, -0.1) is 0 Å². The van der Waals surface area contributed by atoms with E-state index in [0.717, 1.165) is 5.57 Å². The molecular formula is C10H16O2. The van der Waals surface area contributed by atoms with E-state index in [-0.39, 0.29) is 6.61 Å². The van der Waals surface area contributed by atoms with E-state index in [1.54, 1.807) is 13.2 Å². The fraction of sp³-hybridized carbons (Fsp3) is 0.400. The molecule has 2 nitrogen and oxygen atoms in total. The SMILES string of the molecule is C=C(/C=C\C(=C/C)CCO)OC. The van der Waals surface area contributed by atoms with E-state index in [4.69, 9.17) is 9.84 Å². The largest absolute Gasteiger partial charge is 0.497 e. The molecule has 1 N–H and O–H groups in total. The minimum Gasteiger partial charge on any atom is -0.497 e. The van der Waals surface area contributed by atoms with Gasteiger partial charge in [0.15, 0.2) is 0 Å². The van der Waals surface area contributed by atoms with Gasteiger partial charge in [-0.1, -0.05) is 18.7 Å². The van der Waals surface area contributed by atoms with Gasteiger partial charge < -0.3 is 9.84 Å². The first-order valence-corrected chi connectivity index (χ1v) is 3.91. The molecule has 0 radical (unpaired) electrons. The molecule has 0 aliphatic heterocycles. The molecule has 0 bridgehead atoms. The summed E-state index contributed by atoms with van der Waals surface area (Å²) in [6.07, 6.45) is 6.30. The van der Waals surface area contributed by atoms with Crippen molar-refractivity contribution < 1.29 is 9.84 Å². The molecule has 0 aromatic rings. The number of hydrogen-bond acceptors (Lipinski definition) is 2. The summed E-state index contributed by atoms with van der Waals surface area (Å²) in [6.45, 7) is 5.75. The van der Waals surface area contributed by atoms with Crippen molar-refractivity contribution in [1.82, 2.24) is 0 Å². The molecule has 0 heterocycles. The van der Waals surface area contributed by atoms with Crippen LogP contribution in [0.4, 0.5) is 0 Å². The average Bonchev–Trinajstić information content (AvgIpc) is 2.11. The molecule has 0 spiro atoms. The van der Waals surface area contributed by atoms with Crippen molar-refractivity contribution in [2.75, 3.05) is 13.7 Å². The van der Waals surface area contributed by atoms with Crippen LogP contribution in [0.2, 0.25) is 0 Å². The molecule has 0 aromatic carbocycles. The third-order valence-electron chi connectivity index (χ3n) is 1.52. The van der Waals surface area contributed by atoms with Gasteiger partial charge in [-0.05, 0) is 25.0 Å². The lowest BCUT2D eigenvalue weighted by Gasteiger charge is -1.98. The van der Waals surface area contributed by atoms with Crippen LogP contribution < -0.4 is 0 Å². The standard InChI is InChI=1S/C10H16O2/c1-4-10(7-8-11)6-5-9(2)12-3/h4-6,11H,2,7-8H2,1,3H3/b6-5-,10-4+. The maximum atomic E-state index is 8.66. The highest BCUT2D eigenvalue weighted by molar-refractivity contribution is 5.23. The van der Waals surface area contributed by atoms with Crippen LogP contribution in [0.15, 0.2) is 36.1 Å². The van der Waals surface area contributed by atoms with Gasteiger partial charge >= 0.3 is 0 Å². The van der Waals surface area contributed by atoms with E-state index in [9.17, 15) is 0 Å². The highest BCUT2D eigenvalue weighted by Gasteiger charge is 1.89. The van der Waals surface area contributed by atoms with E-state index >= 15 is 0 Å². The lowest BCUT2D eigenvalue weighted by molar-refractivity contribution is 0.299. The Morgan fingerprint density at radius 2 is 2.17 bits per heavy atom. The predicted molar refractivity (Wildman–Crippen MR) is 50.7 cm³/mol. The molecule has 0 aliphatic rings. The Bertz CT molecular complexity index is 190. The summed E-state index contributed by atoms with van der Waals surface area (Å²) in [6, 6.07) is 0. The number of methoxy groups -OCH3 is 1. The second kappa shape index (κ2) is 6.68. The molecule has 0 saturated carbocycles. The molecule has 0 unspecified atom stereocenters. The van der Waals surface area contributed by atoms with Gasteiger partial charge in [0.1, 0.15) is 5.76 Å². The van der Waals surface area contributed by atoms with Gasteiger partial charge in [0, 0.05) is 6.61 Å². The van der Waals surface area contributed by atoms with Crippen LogP contribution in [-0.2, 0) is 4.74 Å². The number of rotatable bonds is 5. The van der Waals surface area contributed by atoms with Gasteiger partial charge in [0.25, 0.3) is 0 Å². The summed E-state index contributed by atoms with van der Waals surface area (Å²) < 4.78 is 4.85. The Labute approximate surface area is 73.9 Å². The molecule has 0 saturated heterocycles. The second-order valence-electron chi connectivity index (χ2n) is 2.34. The number of allylic oxidation sites excluding steroid dienone is 3. The number of aliphatic hydroxyl groups excluding tert-OH is 1. The topological polar surface area (TPSA) is 29.5 Å². The summed E-state index contributed by atoms with van der Waals surface area (Å²) in [5.74, 6) is 0.618. The Morgan fingerprint density at radius 3 is 2.58 bits per heavy atom. The molecule has 12 heavy (non-hydrogen) atoms.